The van der Waals surface area contributed by atoms with Crippen LogP contribution >= 0.6 is 0 Å². The van der Waals surface area contributed by atoms with Crippen LogP contribution in [0.5, 0.6) is 0 Å². The number of nitrogens with zero attached hydrogens (tertiary/aromatic N) is 1. The van der Waals surface area contributed by atoms with Crippen molar-refractivity contribution in [2.45, 2.75) is 51.7 Å². The molecule has 0 bridgehead atoms. The van der Waals surface area contributed by atoms with Gasteiger partial charge in [-0.2, -0.15) is 0 Å². The molecule has 1 aromatic rings. The number of hydrogen-bond acceptors (Lipinski definition) is 3. The molecule has 1 unspecified atom stereocenters. The van der Waals surface area contributed by atoms with Crippen molar-refractivity contribution >= 4 is 11.7 Å². The van der Waals surface area contributed by atoms with Crippen molar-refractivity contribution in [3.63, 3.8) is 0 Å². The number of anilines is 1. The molecule has 23 heavy (non-hydrogen) atoms. The lowest BCUT2D eigenvalue weighted by molar-refractivity contribution is 0.160. The Morgan fingerprint density at radius 3 is 2.70 bits per heavy atom. The maximum absolute atomic E-state index is 11.9. The van der Waals surface area contributed by atoms with Gasteiger partial charge in [-0.3, -0.25) is 0 Å². The Morgan fingerprint density at radius 1 is 1.22 bits per heavy atom. The molecule has 5 nitrogen and oxygen atoms in total. The molecular weight excluding hydrogens is 290 g/mol. The summed E-state index contributed by atoms with van der Waals surface area (Å²) in [6, 6.07) is 8.03. The number of aliphatic hydroxyl groups is 1. The minimum Gasteiger partial charge on any atom is -0.391 e. The molecule has 1 atom stereocenters. The largest absolute Gasteiger partial charge is 0.391 e. The van der Waals surface area contributed by atoms with Gasteiger partial charge in [0.1, 0.15) is 0 Å². The number of carbonyl (C=O) groups is 1. The molecule has 1 heterocycles. The monoisotopic (exact) mass is 319 g/mol. The van der Waals surface area contributed by atoms with Crippen molar-refractivity contribution in [1.29, 1.82) is 0 Å². The van der Waals surface area contributed by atoms with Crippen molar-refractivity contribution in [3.05, 3.63) is 29.8 Å². The fraction of sp³-hybridized carbons (Fsp3) is 0.611. The third-order valence-corrected chi connectivity index (χ3v) is 4.25. The summed E-state index contributed by atoms with van der Waals surface area (Å²) in [7, 11) is 0. The predicted octanol–water partition coefficient (Wildman–Crippen LogP) is 2.64. The van der Waals surface area contributed by atoms with Crippen LogP contribution in [0.4, 0.5) is 10.5 Å². The molecule has 1 aliphatic rings. The molecule has 128 valence electrons. The lowest BCUT2D eigenvalue weighted by Gasteiger charge is -2.30. The molecular formula is C18H29N3O2. The highest BCUT2D eigenvalue weighted by Gasteiger charge is 2.14. The van der Waals surface area contributed by atoms with E-state index >= 15 is 0 Å². The first-order valence-corrected chi connectivity index (χ1v) is 8.73. The number of benzene rings is 1. The number of aliphatic hydroxyl groups excluding tert-OH is 1. The van der Waals surface area contributed by atoms with E-state index in [0.29, 0.717) is 19.5 Å². The topological polar surface area (TPSA) is 64.6 Å². The first kappa shape index (κ1) is 17.6. The highest BCUT2D eigenvalue weighted by Crippen LogP contribution is 2.23. The molecule has 5 heteroatoms. The van der Waals surface area contributed by atoms with Crippen LogP contribution < -0.4 is 15.5 Å². The Kier molecular flexibility index (Phi) is 7.20. The molecule has 2 amide bonds. The van der Waals surface area contributed by atoms with Crippen LogP contribution in [0.2, 0.25) is 0 Å². The normalized spacial score (nSPS) is 16.0. The van der Waals surface area contributed by atoms with Gasteiger partial charge in [-0.05, 0) is 37.3 Å². The van der Waals surface area contributed by atoms with Crippen LogP contribution in [-0.4, -0.2) is 36.9 Å². The highest BCUT2D eigenvalue weighted by molar-refractivity contribution is 5.74. The van der Waals surface area contributed by atoms with Gasteiger partial charge in [0, 0.05) is 31.9 Å². The van der Waals surface area contributed by atoms with E-state index in [4.69, 9.17) is 0 Å². The SMILES string of the molecule is CCCC(O)CNC(=O)NCc1ccccc1N1CCCCC1. The number of urea groups is 1. The van der Waals surface area contributed by atoms with Gasteiger partial charge >= 0.3 is 6.03 Å². The van der Waals surface area contributed by atoms with Gasteiger partial charge in [-0.15, -0.1) is 0 Å². The molecule has 3 N–H and O–H groups in total. The Hall–Kier alpha value is -1.75. The Morgan fingerprint density at radius 2 is 1.96 bits per heavy atom. The maximum atomic E-state index is 11.9. The number of amides is 2. The van der Waals surface area contributed by atoms with Crippen LogP contribution in [0.15, 0.2) is 24.3 Å². The van der Waals surface area contributed by atoms with Gasteiger partial charge in [-0.1, -0.05) is 31.5 Å². The van der Waals surface area contributed by atoms with Crippen LogP contribution in [0, 0.1) is 0 Å². The fourth-order valence-corrected chi connectivity index (χ4v) is 2.99. The van der Waals surface area contributed by atoms with Crippen molar-refractivity contribution in [2.75, 3.05) is 24.5 Å². The Labute approximate surface area is 139 Å². The fourth-order valence-electron chi connectivity index (χ4n) is 2.99. The molecule has 0 aliphatic carbocycles. The number of rotatable bonds is 7. The number of piperidine rings is 1. The van der Waals surface area contributed by atoms with E-state index in [1.165, 1.54) is 24.9 Å². The number of hydrogen-bond donors (Lipinski definition) is 3. The Bertz CT molecular complexity index is 487. The van der Waals surface area contributed by atoms with Gasteiger partial charge in [0.2, 0.25) is 0 Å². The van der Waals surface area contributed by atoms with Crippen molar-refractivity contribution in [3.8, 4) is 0 Å². The zero-order valence-corrected chi connectivity index (χ0v) is 14.1. The second kappa shape index (κ2) is 9.40. The summed E-state index contributed by atoms with van der Waals surface area (Å²) < 4.78 is 0. The molecule has 1 aromatic carbocycles. The summed E-state index contributed by atoms with van der Waals surface area (Å²) in [6.45, 7) is 5.00. The van der Waals surface area contributed by atoms with Crippen molar-refractivity contribution in [2.24, 2.45) is 0 Å². The van der Waals surface area contributed by atoms with Gasteiger partial charge in [-0.25, -0.2) is 4.79 Å². The molecule has 0 saturated carbocycles. The number of carbonyl (C=O) groups excluding carboxylic acids is 1. The predicted molar refractivity (Wildman–Crippen MR) is 93.7 cm³/mol. The third kappa shape index (κ3) is 5.75. The molecule has 0 radical (unpaired) electrons. The standard InChI is InChI=1S/C18H29N3O2/c1-2-8-16(22)14-20-18(23)19-13-15-9-4-5-10-17(15)21-11-6-3-7-12-21/h4-5,9-10,16,22H,2-3,6-8,11-14H2,1H3,(H2,19,20,23). The third-order valence-electron chi connectivity index (χ3n) is 4.25. The van der Waals surface area contributed by atoms with E-state index in [9.17, 15) is 9.90 Å². The summed E-state index contributed by atoms with van der Waals surface area (Å²) in [5.41, 5.74) is 2.36. The number of nitrogens with one attached hydrogen (secondary N) is 2. The van der Waals surface area contributed by atoms with Gasteiger partial charge in [0.25, 0.3) is 0 Å². The molecule has 1 fully saturated rings. The van der Waals surface area contributed by atoms with E-state index in [1.807, 2.05) is 13.0 Å². The molecule has 0 spiro atoms. The van der Waals surface area contributed by atoms with Crippen molar-refractivity contribution in [1.82, 2.24) is 10.6 Å². The minimum atomic E-state index is -0.466. The molecule has 1 aliphatic heterocycles. The highest BCUT2D eigenvalue weighted by atomic mass is 16.3. The van der Waals surface area contributed by atoms with E-state index < -0.39 is 6.10 Å². The van der Waals surface area contributed by atoms with E-state index in [2.05, 4.69) is 33.7 Å². The van der Waals surface area contributed by atoms with Gasteiger partial charge in [0.15, 0.2) is 0 Å². The second-order valence-corrected chi connectivity index (χ2v) is 6.18. The average Bonchev–Trinajstić information content (AvgIpc) is 2.59. The van der Waals surface area contributed by atoms with Gasteiger partial charge < -0.3 is 20.6 Å². The summed E-state index contributed by atoms with van der Waals surface area (Å²) in [4.78, 5) is 14.3. The first-order valence-electron chi connectivity index (χ1n) is 8.73. The average molecular weight is 319 g/mol. The zero-order valence-electron chi connectivity index (χ0n) is 14.1. The van der Waals surface area contributed by atoms with Crippen LogP contribution in [-0.2, 0) is 6.54 Å². The van der Waals surface area contributed by atoms with E-state index in [1.54, 1.807) is 0 Å². The minimum absolute atomic E-state index is 0.228. The molecule has 0 aromatic heterocycles. The first-order chi connectivity index (χ1) is 11.2. The second-order valence-electron chi connectivity index (χ2n) is 6.18. The number of para-hydroxylation sites is 1. The molecule has 2 rings (SSSR count). The molecule has 1 saturated heterocycles. The van der Waals surface area contributed by atoms with E-state index in [0.717, 1.165) is 25.1 Å². The summed E-state index contributed by atoms with van der Waals surface area (Å²) in [5.74, 6) is 0. The van der Waals surface area contributed by atoms with Gasteiger partial charge in [0.05, 0.1) is 6.10 Å². The van der Waals surface area contributed by atoms with Crippen LogP contribution in [0.1, 0.15) is 44.6 Å². The quantitative estimate of drug-likeness (QED) is 0.724. The Balaban J connectivity index is 1.84. The summed E-state index contributed by atoms with van der Waals surface area (Å²) >= 11 is 0. The van der Waals surface area contributed by atoms with Crippen LogP contribution in [0.3, 0.4) is 0 Å². The summed E-state index contributed by atoms with van der Waals surface area (Å²) in [5, 5.41) is 15.3. The lowest BCUT2D eigenvalue weighted by Crippen LogP contribution is -2.39. The van der Waals surface area contributed by atoms with Crippen LogP contribution in [0.25, 0.3) is 0 Å². The maximum Gasteiger partial charge on any atom is 0.315 e. The zero-order chi connectivity index (χ0) is 16.5. The smallest absolute Gasteiger partial charge is 0.315 e. The van der Waals surface area contributed by atoms with Crippen molar-refractivity contribution < 1.29 is 9.90 Å². The summed E-state index contributed by atoms with van der Waals surface area (Å²) in [6.07, 6.45) is 4.92. The lowest BCUT2D eigenvalue weighted by atomic mass is 10.1. The van der Waals surface area contributed by atoms with E-state index in [-0.39, 0.29) is 6.03 Å².